The zero-order valence-electron chi connectivity index (χ0n) is 26.9. The topological polar surface area (TPSA) is 105 Å². The molecule has 2 amide bonds. The van der Waals surface area contributed by atoms with Crippen LogP contribution in [0.2, 0.25) is 0 Å². The van der Waals surface area contributed by atoms with E-state index in [0.29, 0.717) is 17.9 Å². The van der Waals surface area contributed by atoms with E-state index in [1.54, 1.807) is 12.1 Å². The highest BCUT2D eigenvalue weighted by Crippen LogP contribution is 2.33. The first-order chi connectivity index (χ1) is 21.6. The molecule has 242 valence electrons. The lowest BCUT2D eigenvalue weighted by molar-refractivity contribution is -0.140. The van der Waals surface area contributed by atoms with E-state index < -0.39 is 28.5 Å². The number of sulfonamides is 1. The van der Waals surface area contributed by atoms with Gasteiger partial charge in [0.05, 0.1) is 24.8 Å². The van der Waals surface area contributed by atoms with Crippen molar-refractivity contribution in [3.05, 3.63) is 83.4 Å². The summed E-state index contributed by atoms with van der Waals surface area (Å²) in [5.41, 5.74) is 2.90. The molecule has 1 aliphatic carbocycles. The lowest BCUT2D eigenvalue weighted by Gasteiger charge is -2.34. The molecule has 0 spiro atoms. The molecule has 1 unspecified atom stereocenters. The average molecular weight is 636 g/mol. The number of aryl methyl sites for hydroxylation is 2. The van der Waals surface area contributed by atoms with Gasteiger partial charge >= 0.3 is 0 Å². The van der Waals surface area contributed by atoms with Gasteiger partial charge in [0.25, 0.3) is 10.0 Å². The summed E-state index contributed by atoms with van der Waals surface area (Å²) in [6.45, 7) is 5.29. The van der Waals surface area contributed by atoms with Gasteiger partial charge in [0.15, 0.2) is 11.5 Å². The third-order valence-electron chi connectivity index (χ3n) is 8.25. The van der Waals surface area contributed by atoms with Crippen molar-refractivity contribution in [2.24, 2.45) is 0 Å². The summed E-state index contributed by atoms with van der Waals surface area (Å²) in [6, 6.07) is 18.5. The zero-order valence-corrected chi connectivity index (χ0v) is 27.7. The number of carbonyl (C=O) groups is 2. The summed E-state index contributed by atoms with van der Waals surface area (Å²) in [7, 11) is -1.36. The largest absolute Gasteiger partial charge is 0.493 e. The molecule has 10 heteroatoms. The van der Waals surface area contributed by atoms with Gasteiger partial charge in [-0.1, -0.05) is 62.6 Å². The van der Waals surface area contributed by atoms with Gasteiger partial charge in [-0.25, -0.2) is 8.42 Å². The van der Waals surface area contributed by atoms with Gasteiger partial charge in [-0.15, -0.1) is 0 Å². The van der Waals surface area contributed by atoms with Crippen LogP contribution in [-0.2, 0) is 26.2 Å². The summed E-state index contributed by atoms with van der Waals surface area (Å²) in [5.74, 6) is -0.0576. The second kappa shape index (κ2) is 15.3. The number of benzene rings is 3. The van der Waals surface area contributed by atoms with Crippen LogP contribution >= 0.6 is 0 Å². The first kappa shape index (κ1) is 33.8. The predicted octanol–water partition coefficient (Wildman–Crippen LogP) is 5.77. The molecule has 9 nitrogen and oxygen atoms in total. The molecule has 1 fully saturated rings. The van der Waals surface area contributed by atoms with E-state index in [1.807, 2.05) is 57.2 Å². The average Bonchev–Trinajstić information content (AvgIpc) is 3.03. The van der Waals surface area contributed by atoms with Gasteiger partial charge in [0.1, 0.15) is 12.6 Å². The van der Waals surface area contributed by atoms with Gasteiger partial charge in [0.2, 0.25) is 11.8 Å². The third-order valence-corrected chi connectivity index (χ3v) is 10.0. The highest BCUT2D eigenvalue weighted by Gasteiger charge is 2.35. The number of carbonyl (C=O) groups excluding carboxylic acids is 2. The number of amides is 2. The highest BCUT2D eigenvalue weighted by molar-refractivity contribution is 7.92. The molecule has 1 saturated carbocycles. The minimum atomic E-state index is -4.27. The molecule has 45 heavy (non-hydrogen) atoms. The lowest BCUT2D eigenvalue weighted by Crippen LogP contribution is -2.54. The summed E-state index contributed by atoms with van der Waals surface area (Å²) in [6.07, 6.45) is 5.49. The van der Waals surface area contributed by atoms with Crippen LogP contribution in [0, 0.1) is 13.8 Å². The zero-order chi connectivity index (χ0) is 32.6. The molecule has 4 rings (SSSR count). The number of nitrogens with zero attached hydrogens (tertiary/aromatic N) is 2. The van der Waals surface area contributed by atoms with Crippen LogP contribution in [0.1, 0.15) is 62.1 Å². The van der Waals surface area contributed by atoms with Crippen LogP contribution in [0.15, 0.2) is 71.6 Å². The summed E-state index contributed by atoms with van der Waals surface area (Å²) in [4.78, 5) is 29.6. The first-order valence-corrected chi connectivity index (χ1v) is 17.0. The van der Waals surface area contributed by atoms with Crippen molar-refractivity contribution in [2.45, 2.75) is 82.8 Å². The van der Waals surface area contributed by atoms with Crippen LogP contribution in [0.5, 0.6) is 11.5 Å². The molecule has 1 N–H and O–H groups in total. The predicted molar refractivity (Wildman–Crippen MR) is 176 cm³/mol. The molecule has 0 radical (unpaired) electrons. The normalized spacial score (nSPS) is 14.3. The van der Waals surface area contributed by atoms with Crippen LogP contribution in [0.4, 0.5) is 5.69 Å². The van der Waals surface area contributed by atoms with Crippen LogP contribution in [-0.4, -0.2) is 58.0 Å². The molecule has 1 aliphatic rings. The van der Waals surface area contributed by atoms with E-state index in [4.69, 9.17) is 9.47 Å². The van der Waals surface area contributed by atoms with Gasteiger partial charge in [-0.3, -0.25) is 13.9 Å². The number of methoxy groups -OCH3 is 2. The Morgan fingerprint density at radius 1 is 0.889 bits per heavy atom. The molecule has 1 atom stereocenters. The second-order valence-electron chi connectivity index (χ2n) is 11.6. The van der Waals surface area contributed by atoms with Crippen molar-refractivity contribution in [3.63, 3.8) is 0 Å². The standard InChI is InChI=1S/C35H45N3O6S/c1-6-31(35(40)36-28-15-11-8-12-16-28)37(23-27-13-9-7-10-14-27)34(39)24-38(29-20-25(2)19-26(3)21-29)45(41,42)30-17-18-32(43-4)33(22-30)44-5/h7,9-10,13-14,17-22,28,31H,6,8,11-12,15-16,23-24H2,1-5H3,(H,36,40). The van der Waals surface area contributed by atoms with Crippen LogP contribution in [0.25, 0.3) is 0 Å². The van der Waals surface area contributed by atoms with Gasteiger partial charge in [-0.05, 0) is 74.1 Å². The molecular weight excluding hydrogens is 590 g/mol. The quantitative estimate of drug-likeness (QED) is 0.256. The fraction of sp³-hybridized carbons (Fsp3) is 0.429. The van der Waals surface area contributed by atoms with Crippen LogP contribution in [0.3, 0.4) is 0 Å². The lowest BCUT2D eigenvalue weighted by atomic mass is 9.95. The SMILES string of the molecule is CCC(C(=O)NC1CCCCC1)N(Cc1ccccc1)C(=O)CN(c1cc(C)cc(C)c1)S(=O)(=O)c1ccc(OC)c(OC)c1. The second-order valence-corrected chi connectivity index (χ2v) is 13.5. The highest BCUT2D eigenvalue weighted by atomic mass is 32.2. The number of anilines is 1. The van der Waals surface area contributed by atoms with Crippen molar-refractivity contribution in [2.75, 3.05) is 25.1 Å². The third kappa shape index (κ3) is 8.36. The Balaban J connectivity index is 1.75. The number of rotatable bonds is 13. The monoisotopic (exact) mass is 635 g/mol. The molecule has 0 heterocycles. The maximum atomic E-state index is 14.4. The Hall–Kier alpha value is -4.05. The molecule has 3 aromatic carbocycles. The Labute approximate surface area is 267 Å². The fourth-order valence-corrected chi connectivity index (χ4v) is 7.39. The molecule has 0 bridgehead atoms. The fourth-order valence-electron chi connectivity index (χ4n) is 5.97. The van der Waals surface area contributed by atoms with E-state index in [1.165, 1.54) is 37.3 Å². The van der Waals surface area contributed by atoms with Crippen LogP contribution < -0.4 is 19.1 Å². The maximum Gasteiger partial charge on any atom is 0.264 e. The summed E-state index contributed by atoms with van der Waals surface area (Å²) < 4.78 is 40.5. The van der Waals surface area contributed by atoms with E-state index in [0.717, 1.165) is 53.1 Å². The minimum Gasteiger partial charge on any atom is -0.493 e. The van der Waals surface area contributed by atoms with Gasteiger partial charge in [0, 0.05) is 18.7 Å². The van der Waals surface area contributed by atoms with Crippen molar-refractivity contribution in [1.29, 1.82) is 0 Å². The maximum absolute atomic E-state index is 14.4. The van der Waals surface area contributed by atoms with E-state index in [9.17, 15) is 18.0 Å². The van der Waals surface area contributed by atoms with Gasteiger partial charge in [-0.2, -0.15) is 0 Å². The Morgan fingerprint density at radius 3 is 2.13 bits per heavy atom. The molecule has 3 aromatic rings. The minimum absolute atomic E-state index is 0.0520. The number of hydrogen-bond donors (Lipinski definition) is 1. The number of nitrogens with one attached hydrogen (secondary N) is 1. The van der Waals surface area contributed by atoms with E-state index >= 15 is 0 Å². The van der Waals surface area contributed by atoms with Gasteiger partial charge < -0.3 is 19.7 Å². The van der Waals surface area contributed by atoms with Crippen molar-refractivity contribution >= 4 is 27.5 Å². The molecule has 0 saturated heterocycles. The molecular formula is C35H45N3O6S. The molecule has 0 aliphatic heterocycles. The van der Waals surface area contributed by atoms with Crippen molar-refractivity contribution in [3.8, 4) is 11.5 Å². The van der Waals surface area contributed by atoms with Crippen molar-refractivity contribution in [1.82, 2.24) is 10.2 Å². The Bertz CT molecular complexity index is 1550. The number of hydrogen-bond acceptors (Lipinski definition) is 6. The smallest absolute Gasteiger partial charge is 0.264 e. The first-order valence-electron chi connectivity index (χ1n) is 15.5. The Morgan fingerprint density at radius 2 is 1.53 bits per heavy atom. The Kier molecular flexibility index (Phi) is 11.5. The number of ether oxygens (including phenoxy) is 2. The summed E-state index contributed by atoms with van der Waals surface area (Å²) >= 11 is 0. The van der Waals surface area contributed by atoms with E-state index in [-0.39, 0.29) is 29.1 Å². The summed E-state index contributed by atoms with van der Waals surface area (Å²) in [5, 5.41) is 3.18. The van der Waals surface area contributed by atoms with Crippen molar-refractivity contribution < 1.29 is 27.5 Å². The van der Waals surface area contributed by atoms with E-state index in [2.05, 4.69) is 5.32 Å². The molecule has 0 aromatic heterocycles.